The summed E-state index contributed by atoms with van der Waals surface area (Å²) in [5.41, 5.74) is 2.63. The van der Waals surface area contributed by atoms with Gasteiger partial charge in [-0.15, -0.1) is 10.2 Å². The lowest BCUT2D eigenvalue weighted by molar-refractivity contribution is 0.685. The van der Waals surface area contributed by atoms with E-state index in [1.807, 2.05) is 42.5 Å². The molecule has 0 unspecified atom stereocenters. The van der Waals surface area contributed by atoms with E-state index in [2.05, 4.69) is 30.8 Å². The van der Waals surface area contributed by atoms with Crippen molar-refractivity contribution in [2.24, 2.45) is 0 Å². The van der Waals surface area contributed by atoms with Crippen LogP contribution in [0.5, 0.6) is 0 Å². The first-order chi connectivity index (χ1) is 8.95. The highest BCUT2D eigenvalue weighted by Gasteiger charge is 2.11. The summed E-state index contributed by atoms with van der Waals surface area (Å²) in [5.74, 6) is 0.365. The Morgan fingerprint density at radius 2 is 1.50 bits per heavy atom. The Kier molecular flexibility index (Phi) is 2.67. The van der Waals surface area contributed by atoms with Crippen LogP contribution in [0.3, 0.4) is 0 Å². The van der Waals surface area contributed by atoms with E-state index in [0.717, 1.165) is 11.1 Å². The number of hydrogen-bond donors (Lipinski definition) is 0. The maximum Gasteiger partial charge on any atom is 0.226 e. The summed E-state index contributed by atoms with van der Waals surface area (Å²) in [7, 11) is 0. The highest BCUT2D eigenvalue weighted by atomic mass is 15.5. The molecule has 6 heteroatoms. The first-order valence-corrected chi connectivity index (χ1v) is 5.35. The molecule has 3 aromatic rings. The molecule has 0 amide bonds. The van der Waals surface area contributed by atoms with Gasteiger partial charge >= 0.3 is 0 Å². The van der Waals surface area contributed by atoms with Crippen LogP contribution < -0.4 is 0 Å². The molecule has 6 nitrogen and oxygen atoms in total. The Balaban J connectivity index is 2.18. The highest BCUT2D eigenvalue weighted by Crippen LogP contribution is 2.26. The summed E-state index contributed by atoms with van der Waals surface area (Å²) < 4.78 is 0. The second-order valence-corrected chi connectivity index (χ2v) is 3.56. The lowest BCUT2D eigenvalue weighted by Crippen LogP contribution is -2.00. The average molecular weight is 236 g/mol. The summed E-state index contributed by atoms with van der Waals surface area (Å²) in [4.78, 5) is 4.29. The van der Waals surface area contributed by atoms with E-state index >= 15 is 0 Å². The van der Waals surface area contributed by atoms with Gasteiger partial charge in [-0.2, -0.15) is 0 Å². The third kappa shape index (κ3) is 1.91. The smallest absolute Gasteiger partial charge is 0.226 e. The van der Waals surface area contributed by atoms with E-state index in [4.69, 9.17) is 0 Å². The van der Waals surface area contributed by atoms with Crippen molar-refractivity contribution in [2.75, 3.05) is 0 Å². The van der Waals surface area contributed by atoms with Gasteiger partial charge in [0.2, 0.25) is 5.82 Å². The standard InChI is InChI=1S/C12H8N6/c1-2-5-9(6-3-1)10-7-4-8-13-11(10)12-14-16-18-17-15-12/h1-8H. The van der Waals surface area contributed by atoms with Crippen molar-refractivity contribution in [1.29, 1.82) is 0 Å². The van der Waals surface area contributed by atoms with Crippen LogP contribution in [0, 0.1) is 0 Å². The van der Waals surface area contributed by atoms with Gasteiger partial charge < -0.3 is 0 Å². The number of hydrogen-bond acceptors (Lipinski definition) is 6. The molecule has 0 aliphatic rings. The quantitative estimate of drug-likeness (QED) is 0.669. The lowest BCUT2D eigenvalue weighted by Gasteiger charge is -2.05. The highest BCUT2D eigenvalue weighted by molar-refractivity contribution is 5.77. The summed E-state index contributed by atoms with van der Waals surface area (Å²) in [5, 5.41) is 18.0. The molecule has 0 aliphatic carbocycles. The third-order valence-corrected chi connectivity index (χ3v) is 2.46. The van der Waals surface area contributed by atoms with E-state index in [-0.39, 0.29) is 0 Å². The van der Waals surface area contributed by atoms with Gasteiger partial charge in [-0.1, -0.05) is 36.4 Å². The van der Waals surface area contributed by atoms with E-state index in [9.17, 15) is 0 Å². The molecule has 0 atom stereocenters. The van der Waals surface area contributed by atoms with Crippen LogP contribution >= 0.6 is 0 Å². The van der Waals surface area contributed by atoms with Crippen LogP contribution in [-0.4, -0.2) is 30.8 Å². The number of nitrogens with zero attached hydrogens (tertiary/aromatic N) is 6. The minimum absolute atomic E-state index is 0.365. The van der Waals surface area contributed by atoms with Gasteiger partial charge in [0.05, 0.1) is 0 Å². The van der Waals surface area contributed by atoms with Gasteiger partial charge in [-0.3, -0.25) is 4.98 Å². The first kappa shape index (κ1) is 10.4. The van der Waals surface area contributed by atoms with Gasteiger partial charge in [0.25, 0.3) is 0 Å². The van der Waals surface area contributed by atoms with E-state index in [1.54, 1.807) is 6.20 Å². The maximum atomic E-state index is 4.29. The molecule has 1 aromatic carbocycles. The maximum absolute atomic E-state index is 4.29. The third-order valence-electron chi connectivity index (χ3n) is 2.46. The Labute approximate surface area is 103 Å². The monoisotopic (exact) mass is 236 g/mol. The van der Waals surface area contributed by atoms with Crippen molar-refractivity contribution in [3.63, 3.8) is 0 Å². The van der Waals surface area contributed by atoms with Gasteiger partial charge in [0.15, 0.2) is 0 Å². The molecule has 0 bridgehead atoms. The normalized spacial score (nSPS) is 10.2. The predicted molar refractivity (Wildman–Crippen MR) is 64.1 cm³/mol. The zero-order valence-electron chi connectivity index (χ0n) is 9.30. The predicted octanol–water partition coefficient (Wildman–Crippen LogP) is 1.39. The molecule has 0 radical (unpaired) electrons. The molecule has 2 aromatic heterocycles. The zero-order chi connectivity index (χ0) is 12.2. The topological polar surface area (TPSA) is 77.3 Å². The molecule has 0 spiro atoms. The lowest BCUT2D eigenvalue weighted by atomic mass is 10.0. The fourth-order valence-corrected chi connectivity index (χ4v) is 1.69. The van der Waals surface area contributed by atoms with Crippen LogP contribution in [-0.2, 0) is 0 Å². The van der Waals surface area contributed by atoms with Crippen molar-refractivity contribution >= 4 is 0 Å². The summed E-state index contributed by atoms with van der Waals surface area (Å²) in [6.07, 6.45) is 1.69. The molecular formula is C12H8N6. The van der Waals surface area contributed by atoms with Gasteiger partial charge in [0.1, 0.15) is 5.69 Å². The molecular weight excluding hydrogens is 228 g/mol. The number of aromatic nitrogens is 6. The van der Waals surface area contributed by atoms with Gasteiger partial charge in [-0.25, -0.2) is 0 Å². The molecule has 0 fully saturated rings. The van der Waals surface area contributed by atoms with Crippen LogP contribution in [0.25, 0.3) is 22.6 Å². The summed E-state index contributed by atoms with van der Waals surface area (Å²) >= 11 is 0. The number of pyridine rings is 1. The minimum Gasteiger partial charge on any atom is -0.252 e. The number of benzene rings is 1. The molecule has 0 saturated heterocycles. The van der Waals surface area contributed by atoms with Crippen molar-refractivity contribution in [2.45, 2.75) is 0 Å². The SMILES string of the molecule is c1ccc(-c2cccnc2-c2nnnnn2)cc1. The summed E-state index contributed by atoms with van der Waals surface area (Å²) in [6.45, 7) is 0. The molecule has 3 rings (SSSR count). The molecule has 86 valence electrons. The number of rotatable bonds is 2. The average Bonchev–Trinajstić information content (AvgIpc) is 2.49. The van der Waals surface area contributed by atoms with E-state index < -0.39 is 0 Å². The Morgan fingerprint density at radius 1 is 0.722 bits per heavy atom. The molecule has 0 saturated carbocycles. The largest absolute Gasteiger partial charge is 0.252 e. The fourth-order valence-electron chi connectivity index (χ4n) is 1.69. The Morgan fingerprint density at radius 3 is 2.28 bits per heavy atom. The Bertz CT molecular complexity index is 582. The fraction of sp³-hybridized carbons (Fsp3) is 0. The second-order valence-electron chi connectivity index (χ2n) is 3.56. The minimum atomic E-state index is 0.365. The first-order valence-electron chi connectivity index (χ1n) is 5.35. The van der Waals surface area contributed by atoms with Crippen molar-refractivity contribution < 1.29 is 0 Å². The van der Waals surface area contributed by atoms with Crippen molar-refractivity contribution in [3.05, 3.63) is 48.7 Å². The van der Waals surface area contributed by atoms with Gasteiger partial charge in [0, 0.05) is 11.8 Å². The van der Waals surface area contributed by atoms with E-state index in [1.165, 1.54) is 0 Å². The second kappa shape index (κ2) is 4.62. The molecule has 2 heterocycles. The van der Waals surface area contributed by atoms with Crippen LogP contribution in [0.1, 0.15) is 0 Å². The van der Waals surface area contributed by atoms with Crippen LogP contribution in [0.2, 0.25) is 0 Å². The summed E-state index contributed by atoms with van der Waals surface area (Å²) in [6, 6.07) is 13.7. The van der Waals surface area contributed by atoms with Gasteiger partial charge in [-0.05, 0) is 27.3 Å². The van der Waals surface area contributed by atoms with Crippen LogP contribution in [0.15, 0.2) is 48.7 Å². The van der Waals surface area contributed by atoms with Crippen molar-refractivity contribution in [3.8, 4) is 22.6 Å². The molecule has 0 aliphatic heterocycles. The zero-order valence-corrected chi connectivity index (χ0v) is 9.30. The van der Waals surface area contributed by atoms with Crippen molar-refractivity contribution in [1.82, 2.24) is 30.8 Å². The van der Waals surface area contributed by atoms with E-state index in [0.29, 0.717) is 11.5 Å². The molecule has 18 heavy (non-hydrogen) atoms. The Hall–Kier alpha value is -2.76. The van der Waals surface area contributed by atoms with Crippen LogP contribution in [0.4, 0.5) is 0 Å². The molecule has 0 N–H and O–H groups in total.